The number of imidazole rings is 1. The molecular weight excluding hydrogens is 422 g/mol. The van der Waals surface area contributed by atoms with E-state index in [-0.39, 0.29) is 11.5 Å². The molecule has 1 aromatic carbocycles. The van der Waals surface area contributed by atoms with Crippen molar-refractivity contribution in [1.29, 1.82) is 0 Å². The van der Waals surface area contributed by atoms with E-state index >= 15 is 0 Å². The lowest BCUT2D eigenvalue weighted by Crippen LogP contribution is -2.49. The molecule has 0 bridgehead atoms. The van der Waals surface area contributed by atoms with Crippen LogP contribution in [0.5, 0.6) is 0 Å². The van der Waals surface area contributed by atoms with Crippen LogP contribution in [-0.4, -0.2) is 74.9 Å². The predicted octanol–water partition coefficient (Wildman–Crippen LogP) is 1.66. The van der Waals surface area contributed by atoms with E-state index in [1.807, 2.05) is 46.9 Å². The van der Waals surface area contributed by atoms with Crippen molar-refractivity contribution in [1.82, 2.24) is 29.6 Å². The Labute approximate surface area is 190 Å². The first-order valence-electron chi connectivity index (χ1n) is 11.2. The highest BCUT2D eigenvalue weighted by Gasteiger charge is 2.22. The van der Waals surface area contributed by atoms with Gasteiger partial charge in [0, 0.05) is 38.9 Å². The third-order valence-electron chi connectivity index (χ3n) is 6.13. The number of hydrogen-bond donors (Lipinski definition) is 2. The van der Waals surface area contributed by atoms with Crippen molar-refractivity contribution in [2.45, 2.75) is 19.9 Å². The first-order chi connectivity index (χ1) is 16.1. The Bertz CT molecular complexity index is 1300. The van der Waals surface area contributed by atoms with Gasteiger partial charge in [-0.25, -0.2) is 10.1 Å². The molecule has 4 heterocycles. The van der Waals surface area contributed by atoms with Crippen molar-refractivity contribution in [3.8, 4) is 0 Å². The third-order valence-corrected chi connectivity index (χ3v) is 6.13. The van der Waals surface area contributed by atoms with E-state index in [1.165, 1.54) is 0 Å². The van der Waals surface area contributed by atoms with E-state index in [2.05, 4.69) is 25.1 Å². The molecule has 1 fully saturated rings. The van der Waals surface area contributed by atoms with Gasteiger partial charge in [0.05, 0.1) is 47.8 Å². The number of para-hydroxylation sites is 2. The molecule has 1 aliphatic heterocycles. The number of nitrogens with one attached hydrogen (secondary N) is 2. The number of aromatic nitrogens is 5. The van der Waals surface area contributed by atoms with Gasteiger partial charge in [-0.1, -0.05) is 12.1 Å². The monoisotopic (exact) mass is 449 g/mol. The molecule has 1 aliphatic rings. The first kappa shape index (κ1) is 21.2. The summed E-state index contributed by atoms with van der Waals surface area (Å²) in [5.41, 5.74) is 3.49. The van der Waals surface area contributed by atoms with Gasteiger partial charge in [0.15, 0.2) is 0 Å². The number of H-pyrrole nitrogens is 2. The largest absolute Gasteiger partial charge is 0.379 e. The second-order valence-corrected chi connectivity index (χ2v) is 8.27. The number of piperazine rings is 1. The molecule has 5 rings (SSSR count). The Morgan fingerprint density at radius 3 is 2.79 bits per heavy atom. The maximum atomic E-state index is 12.6. The Kier molecular flexibility index (Phi) is 5.82. The van der Waals surface area contributed by atoms with Gasteiger partial charge in [0.1, 0.15) is 0 Å². The number of ether oxygens (including phenoxy) is 1. The minimum absolute atomic E-state index is 0.109. The average Bonchev–Trinajstić information content (AvgIpc) is 3.41. The summed E-state index contributed by atoms with van der Waals surface area (Å²) in [7, 11) is 0. The number of aryl methyl sites for hydroxylation is 1. The number of amides is 1. The zero-order chi connectivity index (χ0) is 22.8. The minimum Gasteiger partial charge on any atom is -0.379 e. The number of nitrogens with zero attached hydrogens (tertiary/aromatic N) is 5. The molecule has 0 radical (unpaired) electrons. The van der Waals surface area contributed by atoms with Crippen molar-refractivity contribution in [3.63, 3.8) is 0 Å². The fraction of sp³-hybridized carbons (Fsp3) is 0.391. The van der Waals surface area contributed by atoms with Crippen LogP contribution in [0.1, 0.15) is 12.0 Å². The number of hydrogen-bond acceptors (Lipinski definition) is 6. The fourth-order valence-electron chi connectivity index (χ4n) is 4.38. The van der Waals surface area contributed by atoms with Gasteiger partial charge < -0.3 is 24.1 Å². The number of rotatable bonds is 7. The molecule has 0 spiro atoms. The second kappa shape index (κ2) is 9.07. The summed E-state index contributed by atoms with van der Waals surface area (Å²) in [5.74, 6) is 0.967. The quantitative estimate of drug-likeness (QED) is 0.415. The summed E-state index contributed by atoms with van der Waals surface area (Å²) < 4.78 is 7.68. The average molecular weight is 450 g/mol. The minimum atomic E-state index is -0.185. The molecule has 0 unspecified atom stereocenters. The van der Waals surface area contributed by atoms with Crippen LogP contribution >= 0.6 is 0 Å². The third kappa shape index (κ3) is 4.34. The van der Waals surface area contributed by atoms with Crippen molar-refractivity contribution in [2.24, 2.45) is 0 Å². The van der Waals surface area contributed by atoms with Gasteiger partial charge in [0.25, 0.3) is 5.56 Å². The van der Waals surface area contributed by atoms with E-state index in [0.29, 0.717) is 44.7 Å². The Balaban J connectivity index is 1.06. The van der Waals surface area contributed by atoms with E-state index in [9.17, 15) is 9.59 Å². The van der Waals surface area contributed by atoms with Crippen LogP contribution in [0.4, 0.5) is 5.95 Å². The molecule has 0 saturated carbocycles. The molecule has 0 aliphatic carbocycles. The number of carbonyl (C=O) groups excluding carboxylic acids is 1. The summed E-state index contributed by atoms with van der Waals surface area (Å²) in [6.45, 7) is 6.18. The van der Waals surface area contributed by atoms with Crippen LogP contribution in [0, 0.1) is 6.92 Å². The zero-order valence-electron chi connectivity index (χ0n) is 18.6. The van der Waals surface area contributed by atoms with E-state index < -0.39 is 0 Å². The molecule has 3 aromatic heterocycles. The molecule has 172 valence electrons. The summed E-state index contributed by atoms with van der Waals surface area (Å²) in [6, 6.07) is 7.97. The first-order valence-corrected chi connectivity index (χ1v) is 11.2. The van der Waals surface area contributed by atoms with E-state index in [1.54, 1.807) is 6.20 Å². The van der Waals surface area contributed by atoms with Crippen molar-refractivity contribution in [2.75, 3.05) is 44.3 Å². The Hall–Kier alpha value is -3.66. The summed E-state index contributed by atoms with van der Waals surface area (Å²) >= 11 is 0. The van der Waals surface area contributed by atoms with Crippen LogP contribution in [-0.2, 0) is 16.1 Å². The maximum absolute atomic E-state index is 12.6. The number of carbonyl (C=O) groups is 1. The SMILES string of the molecule is Cc1cn(CCOCCC(=O)N2CCN(c3nc4ccccc4[nH]3)CC2)c2cn[nH]c(=O)c12. The van der Waals surface area contributed by atoms with Gasteiger partial charge in [-0.15, -0.1) is 0 Å². The van der Waals surface area contributed by atoms with Crippen molar-refractivity contribution >= 4 is 33.8 Å². The summed E-state index contributed by atoms with van der Waals surface area (Å²) in [5, 5.41) is 7.00. The van der Waals surface area contributed by atoms with Crippen LogP contribution in [0.3, 0.4) is 0 Å². The Morgan fingerprint density at radius 2 is 1.97 bits per heavy atom. The number of fused-ring (bicyclic) bond motifs is 2. The molecular formula is C23H27N7O3. The summed E-state index contributed by atoms with van der Waals surface area (Å²) in [4.78, 5) is 36.6. The van der Waals surface area contributed by atoms with Crippen LogP contribution in [0.25, 0.3) is 21.9 Å². The van der Waals surface area contributed by atoms with Crippen LogP contribution in [0.15, 0.2) is 41.5 Å². The molecule has 0 atom stereocenters. The van der Waals surface area contributed by atoms with Gasteiger partial charge >= 0.3 is 0 Å². The standard InChI is InChI=1S/C23H27N7O3/c1-16-15-30(19-14-24-27-22(32)21(16)19)11-13-33-12-6-20(31)28-7-9-29(10-8-28)23-25-17-4-2-3-5-18(17)26-23/h2-5,14-15H,6-13H2,1H3,(H,25,26)(H,27,32). The zero-order valence-corrected chi connectivity index (χ0v) is 18.6. The number of anilines is 1. The lowest BCUT2D eigenvalue weighted by atomic mass is 10.2. The highest BCUT2D eigenvalue weighted by Crippen LogP contribution is 2.19. The predicted molar refractivity (Wildman–Crippen MR) is 125 cm³/mol. The number of benzene rings is 1. The summed E-state index contributed by atoms with van der Waals surface area (Å²) in [6.07, 6.45) is 3.94. The van der Waals surface area contributed by atoms with Gasteiger partial charge in [-0.3, -0.25) is 9.59 Å². The molecule has 1 amide bonds. The van der Waals surface area contributed by atoms with E-state index in [4.69, 9.17) is 4.74 Å². The molecule has 2 N–H and O–H groups in total. The van der Waals surface area contributed by atoms with Gasteiger partial charge in [0.2, 0.25) is 11.9 Å². The number of aromatic amines is 2. The van der Waals surface area contributed by atoms with Crippen LogP contribution in [0.2, 0.25) is 0 Å². The molecule has 4 aromatic rings. The lowest BCUT2D eigenvalue weighted by Gasteiger charge is -2.34. The van der Waals surface area contributed by atoms with E-state index in [0.717, 1.165) is 41.2 Å². The molecule has 1 saturated heterocycles. The normalized spacial score (nSPS) is 14.5. The highest BCUT2D eigenvalue weighted by atomic mass is 16.5. The highest BCUT2D eigenvalue weighted by molar-refractivity contribution is 5.82. The van der Waals surface area contributed by atoms with Crippen molar-refractivity contribution < 1.29 is 9.53 Å². The molecule has 10 nitrogen and oxygen atoms in total. The molecule has 10 heteroatoms. The topological polar surface area (TPSA) is 112 Å². The fourth-order valence-corrected chi connectivity index (χ4v) is 4.38. The second-order valence-electron chi connectivity index (χ2n) is 8.27. The lowest BCUT2D eigenvalue weighted by molar-refractivity contribution is -0.132. The Morgan fingerprint density at radius 1 is 1.15 bits per heavy atom. The van der Waals surface area contributed by atoms with Crippen molar-refractivity contribution in [3.05, 3.63) is 52.6 Å². The van der Waals surface area contributed by atoms with Crippen LogP contribution < -0.4 is 10.5 Å². The molecule has 33 heavy (non-hydrogen) atoms. The van der Waals surface area contributed by atoms with Gasteiger partial charge in [-0.05, 0) is 24.6 Å². The van der Waals surface area contributed by atoms with Gasteiger partial charge in [-0.2, -0.15) is 5.10 Å². The maximum Gasteiger partial charge on any atom is 0.273 e. The smallest absolute Gasteiger partial charge is 0.273 e.